The van der Waals surface area contributed by atoms with Crippen LogP contribution in [0.25, 0.3) is 0 Å². The molecule has 1 aromatic rings. The third-order valence-electron chi connectivity index (χ3n) is 3.96. The maximum atomic E-state index is 5.90. The van der Waals surface area contributed by atoms with Crippen LogP contribution < -0.4 is 5.32 Å². The van der Waals surface area contributed by atoms with Crippen LogP contribution in [0, 0.1) is 0 Å². The molecule has 0 aromatic heterocycles. The first-order valence-electron chi connectivity index (χ1n) is 6.48. The zero-order chi connectivity index (χ0) is 11.7. The van der Waals surface area contributed by atoms with Crippen molar-refractivity contribution in [2.45, 2.75) is 43.7 Å². The van der Waals surface area contributed by atoms with E-state index in [1.165, 1.54) is 31.2 Å². The molecule has 2 heteroatoms. The second-order valence-corrected chi connectivity index (χ2v) is 5.66. The van der Waals surface area contributed by atoms with Crippen LogP contribution in [0.15, 0.2) is 36.4 Å². The number of halogens is 1. The molecule has 0 amide bonds. The summed E-state index contributed by atoms with van der Waals surface area (Å²) in [6.07, 6.45) is 9.54. The van der Waals surface area contributed by atoms with Gasteiger partial charge in [-0.3, -0.25) is 0 Å². The van der Waals surface area contributed by atoms with Crippen LogP contribution in [0.1, 0.15) is 37.2 Å². The number of hydrogen-bond acceptors (Lipinski definition) is 1. The van der Waals surface area contributed by atoms with Crippen molar-refractivity contribution in [3.05, 3.63) is 47.0 Å². The van der Waals surface area contributed by atoms with Crippen LogP contribution in [0.5, 0.6) is 0 Å². The Balaban J connectivity index is 1.49. The van der Waals surface area contributed by atoms with Crippen LogP contribution in [0.4, 0.5) is 0 Å². The standard InChI is InChI=1S/C15H18ClN/c16-13-7-5-11(6-8-13)12-9-15(10-12)17-14-3-1-2-4-14/h1-2,5-8,12,14-15,17H,3-4,9-10H2. The summed E-state index contributed by atoms with van der Waals surface area (Å²) in [4.78, 5) is 0. The van der Waals surface area contributed by atoms with Gasteiger partial charge in [0.1, 0.15) is 0 Å². The predicted octanol–water partition coefficient (Wildman–Crippen LogP) is 3.89. The molecule has 1 aromatic carbocycles. The van der Waals surface area contributed by atoms with Crippen LogP contribution in [0.3, 0.4) is 0 Å². The molecule has 0 atom stereocenters. The van der Waals surface area contributed by atoms with Crippen molar-refractivity contribution in [1.29, 1.82) is 0 Å². The van der Waals surface area contributed by atoms with E-state index in [1.54, 1.807) is 0 Å². The van der Waals surface area contributed by atoms with Gasteiger partial charge in [-0.05, 0) is 49.3 Å². The minimum absolute atomic E-state index is 0.700. The molecule has 3 rings (SSSR count). The first kappa shape index (κ1) is 11.3. The molecule has 0 heterocycles. The molecule has 2 aliphatic rings. The average Bonchev–Trinajstić information content (AvgIpc) is 2.77. The second kappa shape index (κ2) is 4.83. The molecule has 90 valence electrons. The first-order valence-corrected chi connectivity index (χ1v) is 6.85. The summed E-state index contributed by atoms with van der Waals surface area (Å²) in [5.41, 5.74) is 1.44. The van der Waals surface area contributed by atoms with Gasteiger partial charge in [-0.1, -0.05) is 35.9 Å². The third-order valence-corrected chi connectivity index (χ3v) is 4.21. The predicted molar refractivity (Wildman–Crippen MR) is 72.5 cm³/mol. The van der Waals surface area contributed by atoms with E-state index >= 15 is 0 Å². The van der Waals surface area contributed by atoms with Crippen molar-refractivity contribution in [3.63, 3.8) is 0 Å². The average molecular weight is 248 g/mol. The molecule has 1 N–H and O–H groups in total. The molecule has 0 aliphatic heterocycles. The molecule has 0 bridgehead atoms. The number of benzene rings is 1. The van der Waals surface area contributed by atoms with Crippen molar-refractivity contribution in [2.24, 2.45) is 0 Å². The zero-order valence-electron chi connectivity index (χ0n) is 9.90. The van der Waals surface area contributed by atoms with Gasteiger partial charge in [0.05, 0.1) is 0 Å². The smallest absolute Gasteiger partial charge is 0.0406 e. The van der Waals surface area contributed by atoms with Crippen molar-refractivity contribution < 1.29 is 0 Å². The van der Waals surface area contributed by atoms with E-state index in [1.807, 2.05) is 12.1 Å². The molecule has 17 heavy (non-hydrogen) atoms. The lowest BCUT2D eigenvalue weighted by atomic mass is 9.75. The Labute approximate surface area is 108 Å². The highest BCUT2D eigenvalue weighted by Gasteiger charge is 2.31. The van der Waals surface area contributed by atoms with Crippen LogP contribution >= 0.6 is 11.6 Å². The number of hydrogen-bond donors (Lipinski definition) is 1. The highest BCUT2D eigenvalue weighted by molar-refractivity contribution is 6.30. The first-order chi connectivity index (χ1) is 8.31. The second-order valence-electron chi connectivity index (χ2n) is 5.22. The molecule has 1 fully saturated rings. The molecule has 0 radical (unpaired) electrons. The lowest BCUT2D eigenvalue weighted by Gasteiger charge is -2.38. The summed E-state index contributed by atoms with van der Waals surface area (Å²) in [5, 5.41) is 4.57. The zero-order valence-corrected chi connectivity index (χ0v) is 10.7. The Morgan fingerprint density at radius 3 is 2.24 bits per heavy atom. The normalized spacial score (nSPS) is 28.3. The summed E-state index contributed by atoms with van der Waals surface area (Å²) >= 11 is 5.90. The van der Waals surface area contributed by atoms with Gasteiger partial charge in [-0.25, -0.2) is 0 Å². The van der Waals surface area contributed by atoms with Gasteiger partial charge in [0.2, 0.25) is 0 Å². The van der Waals surface area contributed by atoms with Gasteiger partial charge in [0, 0.05) is 17.1 Å². The van der Waals surface area contributed by atoms with E-state index in [0.717, 1.165) is 17.0 Å². The summed E-state index contributed by atoms with van der Waals surface area (Å²) in [6.45, 7) is 0. The molecule has 1 saturated carbocycles. The molecule has 0 saturated heterocycles. The largest absolute Gasteiger partial charge is 0.311 e. The fraction of sp³-hybridized carbons (Fsp3) is 0.467. The molecular weight excluding hydrogens is 230 g/mol. The Morgan fingerprint density at radius 1 is 0.941 bits per heavy atom. The Hall–Kier alpha value is -0.790. The minimum atomic E-state index is 0.700. The SMILES string of the molecule is Clc1ccc(C2CC(NC3CC=CC3)C2)cc1. The van der Waals surface area contributed by atoms with E-state index < -0.39 is 0 Å². The van der Waals surface area contributed by atoms with Gasteiger partial charge in [0.15, 0.2) is 0 Å². The van der Waals surface area contributed by atoms with Crippen molar-refractivity contribution in [3.8, 4) is 0 Å². The van der Waals surface area contributed by atoms with Crippen LogP contribution in [-0.2, 0) is 0 Å². The van der Waals surface area contributed by atoms with Crippen molar-refractivity contribution >= 4 is 11.6 Å². The van der Waals surface area contributed by atoms with Gasteiger partial charge in [-0.15, -0.1) is 0 Å². The van der Waals surface area contributed by atoms with E-state index in [-0.39, 0.29) is 0 Å². The van der Waals surface area contributed by atoms with E-state index in [0.29, 0.717) is 6.04 Å². The minimum Gasteiger partial charge on any atom is -0.311 e. The molecule has 1 nitrogen and oxygen atoms in total. The lowest BCUT2D eigenvalue weighted by Crippen LogP contribution is -2.44. The van der Waals surface area contributed by atoms with Gasteiger partial charge in [-0.2, -0.15) is 0 Å². The molecule has 0 unspecified atom stereocenters. The summed E-state index contributed by atoms with van der Waals surface area (Å²) in [6, 6.07) is 9.75. The third kappa shape index (κ3) is 2.56. The number of rotatable bonds is 3. The maximum absolute atomic E-state index is 5.90. The van der Waals surface area contributed by atoms with Gasteiger partial charge in [0.25, 0.3) is 0 Å². The van der Waals surface area contributed by atoms with Crippen LogP contribution in [0.2, 0.25) is 5.02 Å². The molecule has 2 aliphatic carbocycles. The van der Waals surface area contributed by atoms with Crippen LogP contribution in [-0.4, -0.2) is 12.1 Å². The van der Waals surface area contributed by atoms with E-state index in [4.69, 9.17) is 11.6 Å². The molecule has 0 spiro atoms. The Bertz CT molecular complexity index is 395. The van der Waals surface area contributed by atoms with Crippen molar-refractivity contribution in [1.82, 2.24) is 5.32 Å². The van der Waals surface area contributed by atoms with Gasteiger partial charge >= 0.3 is 0 Å². The Kier molecular flexibility index (Phi) is 3.21. The quantitative estimate of drug-likeness (QED) is 0.799. The monoisotopic (exact) mass is 247 g/mol. The number of nitrogens with one attached hydrogen (secondary N) is 1. The highest BCUT2D eigenvalue weighted by Crippen LogP contribution is 2.37. The highest BCUT2D eigenvalue weighted by atomic mass is 35.5. The van der Waals surface area contributed by atoms with E-state index in [9.17, 15) is 0 Å². The summed E-state index contributed by atoms with van der Waals surface area (Å²) in [7, 11) is 0. The lowest BCUT2D eigenvalue weighted by molar-refractivity contribution is 0.267. The maximum Gasteiger partial charge on any atom is 0.0406 e. The topological polar surface area (TPSA) is 12.0 Å². The van der Waals surface area contributed by atoms with Crippen molar-refractivity contribution in [2.75, 3.05) is 0 Å². The summed E-state index contributed by atoms with van der Waals surface area (Å²) < 4.78 is 0. The fourth-order valence-corrected chi connectivity index (χ4v) is 2.97. The Morgan fingerprint density at radius 2 is 1.59 bits per heavy atom. The summed E-state index contributed by atoms with van der Waals surface area (Å²) in [5.74, 6) is 0.735. The fourth-order valence-electron chi connectivity index (χ4n) is 2.85. The molecular formula is C15H18ClN. The van der Waals surface area contributed by atoms with Gasteiger partial charge < -0.3 is 5.32 Å². The van der Waals surface area contributed by atoms with E-state index in [2.05, 4.69) is 29.6 Å².